The molecule has 35 heavy (non-hydrogen) atoms. The molecule has 0 N–H and O–H groups in total. The van der Waals surface area contributed by atoms with Crippen LogP contribution in [0.5, 0.6) is 5.75 Å². The summed E-state index contributed by atoms with van der Waals surface area (Å²) in [7, 11) is 1.61. The second kappa shape index (κ2) is 9.55. The van der Waals surface area contributed by atoms with Crippen LogP contribution in [0.3, 0.4) is 0 Å². The second-order valence-electron chi connectivity index (χ2n) is 9.38. The third kappa shape index (κ3) is 4.19. The molecule has 5 heterocycles. The molecule has 3 aromatic heterocycles. The zero-order valence-electron chi connectivity index (χ0n) is 20.4. The summed E-state index contributed by atoms with van der Waals surface area (Å²) < 4.78 is 9.45. The molecule has 0 aromatic carbocycles. The summed E-state index contributed by atoms with van der Waals surface area (Å²) in [5.41, 5.74) is 4.29. The van der Waals surface area contributed by atoms with Gasteiger partial charge in [-0.1, -0.05) is 6.58 Å². The molecule has 0 spiro atoms. The summed E-state index contributed by atoms with van der Waals surface area (Å²) in [4.78, 5) is 16.4. The number of ether oxygens (including phenoxy) is 1. The highest BCUT2D eigenvalue weighted by molar-refractivity contribution is 5.87. The number of likely N-dealkylation sites (tertiary alicyclic amines) is 2. The van der Waals surface area contributed by atoms with Crippen molar-refractivity contribution in [3.8, 4) is 22.9 Å². The van der Waals surface area contributed by atoms with E-state index in [1.165, 1.54) is 6.08 Å². The van der Waals surface area contributed by atoms with Gasteiger partial charge >= 0.3 is 0 Å². The smallest absolute Gasteiger partial charge is 0.245 e. The van der Waals surface area contributed by atoms with E-state index in [0.717, 1.165) is 68.7 Å². The number of pyridine rings is 1. The third-order valence-electron chi connectivity index (χ3n) is 7.58. The second-order valence-corrected chi connectivity index (χ2v) is 9.38. The van der Waals surface area contributed by atoms with Crippen LogP contribution in [0.4, 0.5) is 0 Å². The standard InChI is InChI=1S/C26H31N7O2/c1-4-25(34)31-11-5-21(6-12-31)30-9-7-22(8-10-30)33-18(2)23(16-29-33)19-13-24(35-3)26-20(14-27)15-28-32(26)17-19/h4,13,15-17,21-22H,1,5-12H2,2-3H3. The molecule has 0 saturated carbocycles. The van der Waals surface area contributed by atoms with Gasteiger partial charge in [-0.05, 0) is 44.7 Å². The fourth-order valence-electron chi connectivity index (χ4n) is 5.62. The zero-order chi connectivity index (χ0) is 24.5. The number of aromatic nitrogens is 4. The summed E-state index contributed by atoms with van der Waals surface area (Å²) in [6, 6.07) is 5.04. The SMILES string of the molecule is C=CC(=O)N1CCC(N2CCC(n3ncc(-c4cc(OC)c5c(C#N)cnn5c4)c3C)CC2)CC1. The maximum absolute atomic E-state index is 11.9. The van der Waals surface area contributed by atoms with Crippen molar-refractivity contribution < 1.29 is 9.53 Å². The Balaban J connectivity index is 1.28. The van der Waals surface area contributed by atoms with E-state index in [-0.39, 0.29) is 5.91 Å². The lowest BCUT2D eigenvalue weighted by Crippen LogP contribution is -2.49. The van der Waals surface area contributed by atoms with Crippen molar-refractivity contribution in [1.82, 2.24) is 29.2 Å². The molecular formula is C26H31N7O2. The minimum absolute atomic E-state index is 0.0435. The monoisotopic (exact) mass is 473 g/mol. The number of amides is 1. The van der Waals surface area contributed by atoms with Gasteiger partial charge in [0, 0.05) is 55.2 Å². The largest absolute Gasteiger partial charge is 0.494 e. The molecule has 2 saturated heterocycles. The van der Waals surface area contributed by atoms with Crippen molar-refractivity contribution in [2.45, 2.75) is 44.7 Å². The van der Waals surface area contributed by atoms with Crippen molar-refractivity contribution in [1.29, 1.82) is 5.26 Å². The quantitative estimate of drug-likeness (QED) is 0.529. The fraction of sp³-hybridized carbons (Fsp3) is 0.462. The molecule has 5 rings (SSSR count). The summed E-state index contributed by atoms with van der Waals surface area (Å²) in [6.07, 6.45) is 11.0. The summed E-state index contributed by atoms with van der Waals surface area (Å²) in [5.74, 6) is 0.666. The maximum atomic E-state index is 11.9. The highest BCUT2D eigenvalue weighted by atomic mass is 16.5. The molecule has 0 unspecified atom stereocenters. The molecule has 9 nitrogen and oxygen atoms in total. The van der Waals surface area contributed by atoms with Gasteiger partial charge in [0.25, 0.3) is 0 Å². The Morgan fingerprint density at radius 3 is 2.51 bits per heavy atom. The van der Waals surface area contributed by atoms with E-state index in [4.69, 9.17) is 9.84 Å². The number of fused-ring (bicyclic) bond motifs is 1. The number of hydrogen-bond acceptors (Lipinski definition) is 6. The first-order valence-electron chi connectivity index (χ1n) is 12.2. The molecule has 2 fully saturated rings. The lowest BCUT2D eigenvalue weighted by molar-refractivity contribution is -0.127. The zero-order valence-corrected chi connectivity index (χ0v) is 20.4. The molecule has 2 aliphatic heterocycles. The van der Waals surface area contributed by atoms with E-state index >= 15 is 0 Å². The summed E-state index contributed by atoms with van der Waals surface area (Å²) in [6.45, 7) is 9.44. The Bertz CT molecular complexity index is 1280. The van der Waals surface area contributed by atoms with Crippen molar-refractivity contribution in [2.75, 3.05) is 33.3 Å². The van der Waals surface area contributed by atoms with Gasteiger partial charge in [0.1, 0.15) is 22.9 Å². The molecule has 3 aromatic rings. The Kier molecular flexibility index (Phi) is 6.31. The Morgan fingerprint density at radius 1 is 1.14 bits per heavy atom. The van der Waals surface area contributed by atoms with Crippen molar-refractivity contribution >= 4 is 11.4 Å². The van der Waals surface area contributed by atoms with E-state index in [1.807, 2.05) is 23.4 Å². The van der Waals surface area contributed by atoms with Crippen LogP contribution < -0.4 is 4.74 Å². The van der Waals surface area contributed by atoms with Gasteiger partial charge in [0.15, 0.2) is 0 Å². The van der Waals surface area contributed by atoms with Crippen LogP contribution in [0.1, 0.15) is 43.0 Å². The number of carbonyl (C=O) groups is 1. The Morgan fingerprint density at radius 2 is 1.86 bits per heavy atom. The lowest BCUT2D eigenvalue weighted by Gasteiger charge is -2.41. The molecule has 0 bridgehead atoms. The van der Waals surface area contributed by atoms with Gasteiger partial charge in [0.2, 0.25) is 5.91 Å². The van der Waals surface area contributed by atoms with Crippen LogP contribution in [-0.2, 0) is 4.79 Å². The van der Waals surface area contributed by atoms with Crippen molar-refractivity contribution in [3.05, 3.63) is 48.6 Å². The summed E-state index contributed by atoms with van der Waals surface area (Å²) >= 11 is 0. The summed E-state index contributed by atoms with van der Waals surface area (Å²) in [5, 5.41) is 18.5. The number of rotatable bonds is 5. The predicted octanol–water partition coefficient (Wildman–Crippen LogP) is 3.20. The number of methoxy groups -OCH3 is 1. The number of nitrogens with zero attached hydrogens (tertiary/aromatic N) is 7. The first-order valence-corrected chi connectivity index (χ1v) is 12.2. The van der Waals surface area contributed by atoms with E-state index in [2.05, 4.69) is 34.3 Å². The minimum Gasteiger partial charge on any atom is -0.494 e. The molecule has 9 heteroatoms. The normalized spacial score (nSPS) is 18.0. The number of hydrogen-bond donors (Lipinski definition) is 0. The Labute approximate surface area is 205 Å². The molecule has 2 aliphatic rings. The van der Waals surface area contributed by atoms with Crippen LogP contribution >= 0.6 is 0 Å². The first kappa shape index (κ1) is 23.1. The van der Waals surface area contributed by atoms with Crippen LogP contribution in [0.15, 0.2) is 37.3 Å². The number of nitriles is 1. The minimum atomic E-state index is 0.0435. The van der Waals surface area contributed by atoms with Crippen molar-refractivity contribution in [2.24, 2.45) is 0 Å². The highest BCUT2D eigenvalue weighted by Crippen LogP contribution is 2.34. The lowest BCUT2D eigenvalue weighted by atomic mass is 9.97. The first-order chi connectivity index (χ1) is 17.0. The molecule has 0 aliphatic carbocycles. The highest BCUT2D eigenvalue weighted by Gasteiger charge is 2.30. The topological polar surface area (TPSA) is 91.7 Å². The van der Waals surface area contributed by atoms with Crippen molar-refractivity contribution in [3.63, 3.8) is 0 Å². The third-order valence-corrected chi connectivity index (χ3v) is 7.58. The maximum Gasteiger partial charge on any atom is 0.245 e. The van der Waals surface area contributed by atoms with Gasteiger partial charge in [-0.25, -0.2) is 4.52 Å². The molecule has 1 amide bonds. The molecule has 0 radical (unpaired) electrons. The van der Waals surface area contributed by atoms with Crippen LogP contribution in [0.2, 0.25) is 0 Å². The predicted molar refractivity (Wildman–Crippen MR) is 132 cm³/mol. The molecule has 182 valence electrons. The Hall–Kier alpha value is -3.64. The molecular weight excluding hydrogens is 442 g/mol. The van der Waals surface area contributed by atoms with Gasteiger partial charge in [-0.15, -0.1) is 0 Å². The molecule has 0 atom stereocenters. The van der Waals surface area contributed by atoms with Gasteiger partial charge in [-0.2, -0.15) is 15.5 Å². The average molecular weight is 474 g/mol. The van der Waals surface area contributed by atoms with E-state index < -0.39 is 0 Å². The van der Waals surface area contributed by atoms with Crippen LogP contribution in [0.25, 0.3) is 16.6 Å². The number of piperidine rings is 2. The van der Waals surface area contributed by atoms with Gasteiger partial charge < -0.3 is 14.5 Å². The van der Waals surface area contributed by atoms with E-state index in [0.29, 0.717) is 28.9 Å². The van der Waals surface area contributed by atoms with Crippen LogP contribution in [0, 0.1) is 18.3 Å². The van der Waals surface area contributed by atoms with E-state index in [1.54, 1.807) is 17.8 Å². The van der Waals surface area contributed by atoms with Crippen LogP contribution in [-0.4, -0.2) is 74.4 Å². The van der Waals surface area contributed by atoms with E-state index in [9.17, 15) is 10.1 Å². The fourth-order valence-corrected chi connectivity index (χ4v) is 5.62. The average Bonchev–Trinajstić information content (AvgIpc) is 3.51. The number of carbonyl (C=O) groups excluding carboxylic acids is 1. The van der Waals surface area contributed by atoms with Gasteiger partial charge in [0.05, 0.1) is 25.5 Å². The van der Waals surface area contributed by atoms with Gasteiger partial charge in [-0.3, -0.25) is 9.48 Å².